The molecule has 10 nitrogen and oxygen atoms in total. The van der Waals surface area contributed by atoms with E-state index in [9.17, 15) is 39.3 Å². The van der Waals surface area contributed by atoms with E-state index in [1.165, 1.54) is 5.57 Å². The van der Waals surface area contributed by atoms with Gasteiger partial charge < -0.3 is 24.8 Å². The summed E-state index contributed by atoms with van der Waals surface area (Å²) in [5, 5.41) is 30.4. The van der Waals surface area contributed by atoms with E-state index in [-0.39, 0.29) is 83.6 Å². The van der Waals surface area contributed by atoms with E-state index < -0.39 is 29.5 Å². The number of esters is 2. The number of hydrogen-bond acceptors (Lipinski definition) is 10. The molecule has 3 N–H and O–H groups in total. The van der Waals surface area contributed by atoms with Crippen LogP contribution in [0, 0.1) is 58.2 Å². The molecule has 14 atom stereocenters. The maximum absolute atomic E-state index is 13.3. The Morgan fingerprint density at radius 3 is 2.49 bits per heavy atom. The lowest BCUT2D eigenvalue weighted by Gasteiger charge is -2.57. The van der Waals surface area contributed by atoms with Crippen molar-refractivity contribution in [3.63, 3.8) is 0 Å². The van der Waals surface area contributed by atoms with Crippen LogP contribution in [0.1, 0.15) is 125 Å². The van der Waals surface area contributed by atoms with Crippen LogP contribution in [0.15, 0.2) is 35.5 Å². The van der Waals surface area contributed by atoms with Crippen LogP contribution >= 0.6 is 0 Å². The Balaban J connectivity index is 0.000000188. The molecule has 55 heavy (non-hydrogen) atoms. The van der Waals surface area contributed by atoms with Crippen molar-refractivity contribution in [2.75, 3.05) is 6.61 Å². The zero-order valence-electron chi connectivity index (χ0n) is 33.8. The van der Waals surface area contributed by atoms with Crippen LogP contribution in [-0.4, -0.2) is 75.1 Å². The largest absolute Gasteiger partial charge is 0.462 e. The molecule has 0 aromatic heterocycles. The highest BCUT2D eigenvalue weighted by Gasteiger charge is 2.68. The van der Waals surface area contributed by atoms with Crippen molar-refractivity contribution < 1.29 is 48.8 Å². The predicted molar refractivity (Wildman–Crippen MR) is 205 cm³/mol. The lowest BCUT2D eigenvalue weighted by Crippen LogP contribution is -2.60. The minimum Gasteiger partial charge on any atom is -0.462 e. The number of fused-ring (bicyclic) bond motifs is 6. The summed E-state index contributed by atoms with van der Waals surface area (Å²) in [5.41, 5.74) is -0.280. The van der Waals surface area contributed by atoms with Gasteiger partial charge in [-0.25, -0.2) is 0 Å². The van der Waals surface area contributed by atoms with Gasteiger partial charge in [-0.05, 0) is 104 Å². The normalized spacial score (nSPS) is 42.5. The van der Waals surface area contributed by atoms with Gasteiger partial charge in [0.15, 0.2) is 11.6 Å². The van der Waals surface area contributed by atoms with Gasteiger partial charge in [-0.1, -0.05) is 65.3 Å². The van der Waals surface area contributed by atoms with E-state index in [2.05, 4.69) is 39.0 Å². The van der Waals surface area contributed by atoms with Crippen molar-refractivity contribution in [2.24, 2.45) is 58.2 Å². The molecular formula is C45H64O10. The van der Waals surface area contributed by atoms with Crippen molar-refractivity contribution in [3.05, 3.63) is 35.5 Å². The summed E-state index contributed by atoms with van der Waals surface area (Å²) < 4.78 is 11.5. The molecule has 0 aromatic carbocycles. The zero-order chi connectivity index (χ0) is 40.0. The SMILES string of the molecule is CC[C@H](C)C(=O)O[C@H]1C[C@@H](C)C=C2C=C[C@H](C)[C@H](CC[C@@H]3C[C@@H](O)CC(=O)O3)[C@H]21.C[C@]12CCC(=O)C=C1CC[C@@H]1[C@@H]2C(=O)C[C@@]2(C)[C@H]1CC[C@]2(O)C(=O)CO. The zero-order valence-corrected chi connectivity index (χ0v) is 33.8. The number of carbonyl (C=O) groups is 5. The van der Waals surface area contributed by atoms with Crippen LogP contribution in [0.2, 0.25) is 0 Å². The molecule has 0 radical (unpaired) electrons. The van der Waals surface area contributed by atoms with E-state index in [4.69, 9.17) is 9.47 Å². The van der Waals surface area contributed by atoms with Crippen LogP contribution in [0.4, 0.5) is 0 Å². The van der Waals surface area contributed by atoms with E-state index in [1.54, 1.807) is 6.08 Å². The number of hydrogen-bond donors (Lipinski definition) is 3. The molecule has 0 spiro atoms. The third-order valence-electron chi connectivity index (χ3n) is 15.3. The minimum absolute atomic E-state index is 0.0854. The molecule has 7 rings (SSSR count). The average Bonchev–Trinajstić information content (AvgIpc) is 3.40. The highest BCUT2D eigenvalue weighted by Crippen LogP contribution is 2.66. The lowest BCUT2D eigenvalue weighted by atomic mass is 9.46. The first-order valence-corrected chi connectivity index (χ1v) is 21.1. The maximum atomic E-state index is 13.3. The first kappa shape index (κ1) is 41.7. The quantitative estimate of drug-likeness (QED) is 0.243. The number of ether oxygens (including phenoxy) is 2. The molecule has 0 amide bonds. The van der Waals surface area contributed by atoms with Crippen LogP contribution in [0.3, 0.4) is 0 Å². The van der Waals surface area contributed by atoms with Gasteiger partial charge in [-0.15, -0.1) is 0 Å². The van der Waals surface area contributed by atoms with Crippen molar-refractivity contribution in [1.29, 1.82) is 0 Å². The molecule has 1 heterocycles. The Morgan fingerprint density at radius 2 is 1.80 bits per heavy atom. The second-order valence-electron chi connectivity index (χ2n) is 18.7. The molecule has 4 fully saturated rings. The number of carbonyl (C=O) groups excluding carboxylic acids is 5. The number of allylic oxidation sites excluding steroid dienone is 4. The topological polar surface area (TPSA) is 164 Å². The summed E-state index contributed by atoms with van der Waals surface area (Å²) in [5.74, 6) is 0.582. The Bertz CT molecular complexity index is 1630. The first-order chi connectivity index (χ1) is 25.9. The molecule has 3 saturated carbocycles. The van der Waals surface area contributed by atoms with Crippen LogP contribution < -0.4 is 0 Å². The molecule has 6 aliphatic carbocycles. The number of cyclic esters (lactones) is 1. The fourth-order valence-corrected chi connectivity index (χ4v) is 12.0. The monoisotopic (exact) mass is 764 g/mol. The van der Waals surface area contributed by atoms with Gasteiger partial charge in [0.05, 0.1) is 18.4 Å². The third kappa shape index (κ3) is 7.73. The van der Waals surface area contributed by atoms with Gasteiger partial charge in [-0.2, -0.15) is 0 Å². The second kappa shape index (κ2) is 16.1. The van der Waals surface area contributed by atoms with E-state index in [0.29, 0.717) is 49.9 Å². The van der Waals surface area contributed by atoms with Gasteiger partial charge in [0, 0.05) is 36.5 Å². The summed E-state index contributed by atoms with van der Waals surface area (Å²) in [6.07, 6.45) is 15.5. The van der Waals surface area contributed by atoms with Gasteiger partial charge >= 0.3 is 11.9 Å². The summed E-state index contributed by atoms with van der Waals surface area (Å²) >= 11 is 0. The van der Waals surface area contributed by atoms with Crippen LogP contribution in [0.5, 0.6) is 0 Å². The van der Waals surface area contributed by atoms with E-state index in [0.717, 1.165) is 44.1 Å². The van der Waals surface area contributed by atoms with Crippen molar-refractivity contribution in [2.45, 2.75) is 149 Å². The fraction of sp³-hybridized carbons (Fsp3) is 0.756. The van der Waals surface area contributed by atoms with E-state index >= 15 is 0 Å². The molecule has 1 aliphatic heterocycles. The summed E-state index contributed by atoms with van der Waals surface area (Å²) in [7, 11) is 0. The molecule has 7 aliphatic rings. The lowest BCUT2D eigenvalue weighted by molar-refractivity contribution is -0.170. The second-order valence-corrected chi connectivity index (χ2v) is 18.7. The molecule has 10 heteroatoms. The molecule has 1 saturated heterocycles. The summed E-state index contributed by atoms with van der Waals surface area (Å²) in [6.45, 7) is 11.6. The molecule has 0 unspecified atom stereocenters. The van der Waals surface area contributed by atoms with Gasteiger partial charge in [0.1, 0.15) is 30.2 Å². The molecular weight excluding hydrogens is 700 g/mol. The van der Waals surface area contributed by atoms with Crippen molar-refractivity contribution >= 4 is 29.3 Å². The van der Waals surface area contributed by atoms with E-state index in [1.807, 2.05) is 20.8 Å². The number of ketones is 3. The Hall–Kier alpha value is -2.95. The third-order valence-corrected chi connectivity index (χ3v) is 15.3. The Kier molecular flexibility index (Phi) is 12.2. The van der Waals surface area contributed by atoms with Crippen molar-refractivity contribution in [3.8, 4) is 0 Å². The molecule has 0 aromatic rings. The molecule has 0 bridgehead atoms. The average molecular weight is 765 g/mol. The van der Waals surface area contributed by atoms with Gasteiger partial charge in [0.2, 0.25) is 0 Å². The highest BCUT2D eigenvalue weighted by atomic mass is 16.6. The number of rotatable bonds is 8. The summed E-state index contributed by atoms with van der Waals surface area (Å²) in [4.78, 5) is 61.7. The highest BCUT2D eigenvalue weighted by molar-refractivity contribution is 5.94. The smallest absolute Gasteiger partial charge is 0.308 e. The van der Waals surface area contributed by atoms with Gasteiger partial charge in [-0.3, -0.25) is 24.0 Å². The van der Waals surface area contributed by atoms with Crippen molar-refractivity contribution in [1.82, 2.24) is 0 Å². The number of aliphatic hydroxyl groups excluding tert-OH is 2. The predicted octanol–water partition coefficient (Wildman–Crippen LogP) is 6.19. The maximum Gasteiger partial charge on any atom is 0.308 e. The Morgan fingerprint density at radius 1 is 1.05 bits per heavy atom. The standard InChI is InChI=1S/C24H36O5.C21H28O5/c1-5-15(3)24(27)29-21-11-14(2)10-17-7-6-16(4)20(23(17)21)9-8-19-12-18(25)13-22(26)28-19;1-19-7-5-13(23)9-12(19)3-4-14-15-6-8-21(26,17(25)11-22)20(15,2)10-16(24)18(14)19/h6-7,10,14-16,18-21,23,25H,5,8-9,11-13H2,1-4H3;9,14-15,18,22,26H,3-8,10-11H2,1-2H3/t14-,15-,16-,18+,19+,20-,21-,23-;14-,15-,18+,19-,20-,21-/m00/s1. The molecule has 304 valence electrons. The number of Topliss-reactive ketones (excluding diaryl/α,β-unsaturated/α-hetero) is 2. The minimum atomic E-state index is -1.60. The Labute approximate surface area is 326 Å². The first-order valence-electron chi connectivity index (χ1n) is 21.1. The summed E-state index contributed by atoms with van der Waals surface area (Å²) in [6, 6.07) is 0. The van der Waals surface area contributed by atoms with Crippen LogP contribution in [-0.2, 0) is 33.4 Å². The fourth-order valence-electron chi connectivity index (χ4n) is 12.0. The van der Waals surface area contributed by atoms with Gasteiger partial charge in [0.25, 0.3) is 0 Å². The van der Waals surface area contributed by atoms with Crippen LogP contribution in [0.25, 0.3) is 0 Å². The number of aliphatic hydroxyl groups is 3.